The smallest absolute Gasteiger partial charge is 0.657 e. The van der Waals surface area contributed by atoms with Crippen LogP contribution in [0.2, 0.25) is 0 Å². The summed E-state index contributed by atoms with van der Waals surface area (Å²) in [6.45, 7) is 0. The normalized spacial score (nSPS) is 12.1. The van der Waals surface area contributed by atoms with Gasteiger partial charge < -0.3 is 38.9 Å². The molecule has 16 aromatic rings. The number of nitro benzene ring substituents is 4. The molecular weight excluding hydrogens is 1690 g/mol. The van der Waals surface area contributed by atoms with Gasteiger partial charge in [0.15, 0.2) is 0 Å². The van der Waals surface area contributed by atoms with Gasteiger partial charge >= 0.3 is 61.7 Å². The zero-order chi connectivity index (χ0) is 83.8. The van der Waals surface area contributed by atoms with Gasteiger partial charge in [0.2, 0.25) is 23.0 Å². The number of nitrogens with zero attached hydrogens (tertiary/aromatic N) is 12. The molecule has 10 aromatic carbocycles. The van der Waals surface area contributed by atoms with Crippen molar-refractivity contribution in [1.29, 1.82) is 0 Å². The van der Waals surface area contributed by atoms with Crippen LogP contribution in [-0.4, -0.2) is 39.6 Å². The molecule has 0 saturated carbocycles. The van der Waals surface area contributed by atoms with Crippen molar-refractivity contribution in [3.8, 4) is 135 Å². The van der Waals surface area contributed by atoms with Crippen LogP contribution < -0.4 is 38.9 Å². The van der Waals surface area contributed by atoms with Gasteiger partial charge in [0.25, 0.3) is 0 Å². The van der Waals surface area contributed by atoms with Crippen molar-refractivity contribution in [2.45, 2.75) is 0 Å². The fourth-order valence-corrected chi connectivity index (χ4v) is 16.3. The van der Waals surface area contributed by atoms with Crippen LogP contribution in [0.3, 0.4) is 0 Å². The third-order valence-corrected chi connectivity index (χ3v) is 21.7. The van der Waals surface area contributed by atoms with E-state index in [1.54, 1.807) is 24.3 Å². The number of aromatic nitrogens is 8. The molecule has 24 bridgehead atoms. The van der Waals surface area contributed by atoms with Crippen molar-refractivity contribution in [1.82, 2.24) is 39.9 Å². The van der Waals surface area contributed by atoms with Crippen LogP contribution in [-0.2, 0) is 39.0 Å². The predicted molar refractivity (Wildman–Crippen MR) is 477 cm³/mol. The summed E-state index contributed by atoms with van der Waals surface area (Å²) >= 11 is 0. The second kappa shape index (κ2) is 32.8. The molecule has 26 heteroatoms. The van der Waals surface area contributed by atoms with E-state index in [1.165, 1.54) is 36.4 Å². The number of fused-ring (bicyclic) bond motifs is 24. The number of nitro groups is 4. The molecule has 5 aliphatic rings. The Morgan fingerprint density at radius 3 is 0.540 bits per heavy atom. The summed E-state index contributed by atoms with van der Waals surface area (Å²) in [5.74, 6) is -3.31. The Kier molecular flexibility index (Phi) is 20.6. The number of hydrogen-bond donors (Lipinski definition) is 0. The molecule has 0 spiro atoms. The molecule has 592 valence electrons. The molecule has 0 radical (unpaired) electrons. The molecule has 0 atom stereocenters. The second-order valence-electron chi connectivity index (χ2n) is 29.3. The zero-order valence-electron chi connectivity index (χ0n) is 66.0. The number of benzene rings is 10. The van der Waals surface area contributed by atoms with Gasteiger partial charge in [-0.05, 0) is 162 Å². The standard InChI is InChI=1S/C100H56N12O12.2Zn/c113-109(114)85-53-87(111(117)118)91-55-89(85)121-65-47-63(99-81-43-39-77(105-81)95(59-23-11-3-12-24-59)73-35-31-69(101-73)93(57-19-7-1-8-20-57)70-32-36-74(102-70)96(60-25-13-4-14-26-60)78-40-44-82(99)106-78)48-66(51-65)122-90-56-92(88(112(119)120)54-86(90)110(115)116)124-68-50-64(49-67(52-68)123-91)100-83-45-41-79(107-83)97(61-27-15-5-16-28-61)75-37-33-71(103-75)94(58-21-9-2-10-22-58)72-34-38-76(104-72)98(62-29-17-6-18-30-62)80-42-46-84(100)108-80;;/h1-56H;;/q-4;2*+2. The maximum absolute atomic E-state index is 13.6. The summed E-state index contributed by atoms with van der Waals surface area (Å²) in [6.07, 6.45) is 15.0. The average molecular weight is 1750 g/mol. The first kappa shape index (κ1) is 79.2. The molecule has 0 amide bonds. The minimum absolute atomic E-state index is 0. The summed E-state index contributed by atoms with van der Waals surface area (Å²) < 4.78 is 26.9. The van der Waals surface area contributed by atoms with Crippen LogP contribution in [0.25, 0.3) is 182 Å². The predicted octanol–water partition coefficient (Wildman–Crippen LogP) is 24.6. The van der Waals surface area contributed by atoms with Crippen molar-refractivity contribution in [2.24, 2.45) is 0 Å². The van der Waals surface area contributed by atoms with Crippen LogP contribution in [0.15, 0.2) is 291 Å². The van der Waals surface area contributed by atoms with E-state index >= 15 is 0 Å². The van der Waals surface area contributed by atoms with Gasteiger partial charge in [0.1, 0.15) is 35.1 Å². The fourth-order valence-electron chi connectivity index (χ4n) is 16.3. The maximum Gasteiger partial charge on any atom is 2.00 e. The van der Waals surface area contributed by atoms with Crippen molar-refractivity contribution in [3.05, 3.63) is 377 Å². The molecule has 126 heavy (non-hydrogen) atoms. The van der Waals surface area contributed by atoms with Gasteiger partial charge in [-0.2, -0.15) is 0 Å². The monoisotopic (exact) mass is 1740 g/mol. The Bertz CT molecular complexity index is 7110. The Morgan fingerprint density at radius 2 is 0.373 bits per heavy atom. The van der Waals surface area contributed by atoms with Crippen LogP contribution in [0.5, 0.6) is 46.0 Å². The number of hydrogen-bond acceptors (Lipinski definition) is 16. The van der Waals surface area contributed by atoms with Gasteiger partial charge in [0.05, 0.1) is 65.2 Å². The molecule has 0 saturated heterocycles. The van der Waals surface area contributed by atoms with Crippen LogP contribution in [0.4, 0.5) is 22.7 Å². The molecule has 0 aliphatic carbocycles. The van der Waals surface area contributed by atoms with E-state index < -0.39 is 65.4 Å². The van der Waals surface area contributed by atoms with Gasteiger partial charge in [0, 0.05) is 24.3 Å². The first-order chi connectivity index (χ1) is 60.7. The Labute approximate surface area is 740 Å². The number of rotatable bonds is 12. The summed E-state index contributed by atoms with van der Waals surface area (Å²) in [5, 5.41) is 54.5. The van der Waals surface area contributed by atoms with Crippen molar-refractivity contribution in [3.63, 3.8) is 0 Å². The van der Waals surface area contributed by atoms with E-state index in [1.807, 2.05) is 255 Å². The molecule has 0 N–H and O–H groups in total. The maximum atomic E-state index is 13.6. The fraction of sp³-hybridized carbons (Fsp3) is 0. The zero-order valence-corrected chi connectivity index (χ0v) is 71.9. The third-order valence-electron chi connectivity index (χ3n) is 21.7. The summed E-state index contributed by atoms with van der Waals surface area (Å²) in [4.78, 5) is 94.3. The minimum atomic E-state index is -0.884. The van der Waals surface area contributed by atoms with E-state index in [-0.39, 0.29) is 73.1 Å². The quantitative estimate of drug-likeness (QED) is 0.0623. The van der Waals surface area contributed by atoms with E-state index in [0.717, 1.165) is 56.6 Å². The first-order valence-electron chi connectivity index (χ1n) is 39.1. The molecule has 21 rings (SSSR count). The summed E-state index contributed by atoms with van der Waals surface area (Å²) in [7, 11) is 0. The third kappa shape index (κ3) is 14.7. The van der Waals surface area contributed by atoms with Crippen LogP contribution >= 0.6 is 0 Å². The average Bonchev–Trinajstić information content (AvgIpc) is 1.58. The van der Waals surface area contributed by atoms with Crippen LogP contribution in [0.1, 0.15) is 45.6 Å². The van der Waals surface area contributed by atoms with Gasteiger partial charge in [-0.3, -0.25) is 40.5 Å². The number of ether oxygens (including phenoxy) is 4. The van der Waals surface area contributed by atoms with Crippen molar-refractivity contribution >= 4 is 115 Å². The molecule has 5 aliphatic heterocycles. The van der Waals surface area contributed by atoms with Gasteiger partial charge in [-0.25, -0.2) is 19.9 Å². The molecular formula is C100H56N12O12Zn2. The SMILES string of the molecule is O=[N+]([O-])c1cc([N+](=O)[O-])c2cc1Oc1cc(cc(-c3c4nc(c(-c5ccccc5)c5ccc([n-]5)c(-c5ccccc5)c5nc(c(-c6ccccc6)c6ccc3[n-]6)C=C5)C=C4)c1)Oc1cc(c([N+](=O)[O-])cc1[N+](=O)[O-])Oc1cc(cc(-c3c4nc(c(-c5ccccc5)c5ccc([n-]5)c(-c5ccccc5)c5nc(c(-c6ccccc6)c6ccc3[n-]6)C=C5)C=C4)c1)O2.[Zn+2].[Zn+2]. The topological polar surface area (TPSA) is 317 Å². The van der Waals surface area contributed by atoms with Crippen molar-refractivity contribution in [2.75, 3.05) is 0 Å². The van der Waals surface area contributed by atoms with E-state index in [4.69, 9.17) is 58.8 Å². The first-order valence-corrected chi connectivity index (χ1v) is 39.1. The van der Waals surface area contributed by atoms with E-state index in [2.05, 4.69) is 0 Å². The second-order valence-corrected chi connectivity index (χ2v) is 29.3. The summed E-state index contributed by atoms with van der Waals surface area (Å²) in [6, 6.07) is 85.3. The Balaban J connectivity index is 0.00000518. The molecule has 0 unspecified atom stereocenters. The Hall–Kier alpha value is -16.6. The molecule has 6 aromatic heterocycles. The van der Waals surface area contributed by atoms with Crippen molar-refractivity contribution < 1.29 is 77.6 Å². The largest absolute Gasteiger partial charge is 2.00 e. The van der Waals surface area contributed by atoms with E-state index in [0.29, 0.717) is 135 Å². The molecule has 0 fully saturated rings. The summed E-state index contributed by atoms with van der Waals surface area (Å²) in [5.41, 5.74) is 14.5. The van der Waals surface area contributed by atoms with Gasteiger partial charge in [-0.15, -0.1) is 44.1 Å². The molecule has 11 heterocycles. The Morgan fingerprint density at radius 1 is 0.206 bits per heavy atom. The van der Waals surface area contributed by atoms with Crippen LogP contribution in [0, 0.1) is 40.5 Å². The minimum Gasteiger partial charge on any atom is -0.657 e. The van der Waals surface area contributed by atoms with E-state index in [9.17, 15) is 40.5 Å². The molecule has 24 nitrogen and oxygen atoms in total. The van der Waals surface area contributed by atoms with Gasteiger partial charge in [-0.1, -0.05) is 231 Å².